The van der Waals surface area contributed by atoms with Crippen LogP contribution in [-0.4, -0.2) is 34.6 Å². The fourth-order valence-electron chi connectivity index (χ4n) is 3.75. The molecular formula is C29H32Cl2N2O2S. The third-order valence-electron chi connectivity index (χ3n) is 5.94. The van der Waals surface area contributed by atoms with Crippen molar-refractivity contribution in [3.63, 3.8) is 0 Å². The van der Waals surface area contributed by atoms with Crippen LogP contribution >= 0.6 is 35.0 Å². The van der Waals surface area contributed by atoms with Crippen molar-refractivity contribution < 1.29 is 9.59 Å². The lowest BCUT2D eigenvalue weighted by Crippen LogP contribution is -2.52. The minimum absolute atomic E-state index is 0.00587. The largest absolute Gasteiger partial charge is 0.352 e. The van der Waals surface area contributed by atoms with Gasteiger partial charge in [-0.3, -0.25) is 9.59 Å². The van der Waals surface area contributed by atoms with E-state index in [0.717, 1.165) is 22.4 Å². The first kappa shape index (κ1) is 28.1. The minimum Gasteiger partial charge on any atom is -0.352 e. The van der Waals surface area contributed by atoms with Crippen LogP contribution in [-0.2, 0) is 22.6 Å². The van der Waals surface area contributed by atoms with E-state index in [-0.39, 0.29) is 24.4 Å². The molecule has 0 heterocycles. The molecule has 2 atom stereocenters. The summed E-state index contributed by atoms with van der Waals surface area (Å²) in [7, 11) is 0. The SMILES string of the molecule is CC[C@@H](C)NC(=O)[C@@H](Cc1ccccc1)N(Cc1ccc(Cl)c(Cl)c1)C(=O)CCSc1ccccc1. The fourth-order valence-corrected chi connectivity index (χ4v) is 4.93. The second-order valence-corrected chi connectivity index (χ2v) is 10.7. The molecule has 7 heteroatoms. The average Bonchev–Trinajstić information content (AvgIpc) is 2.89. The first-order valence-electron chi connectivity index (χ1n) is 12.1. The number of carbonyl (C=O) groups excluding carboxylic acids is 2. The molecule has 0 saturated heterocycles. The highest BCUT2D eigenvalue weighted by atomic mass is 35.5. The van der Waals surface area contributed by atoms with Gasteiger partial charge in [0, 0.05) is 36.1 Å². The Kier molecular flexibility index (Phi) is 11.2. The number of amides is 2. The van der Waals surface area contributed by atoms with E-state index in [1.807, 2.05) is 80.6 Å². The van der Waals surface area contributed by atoms with Crippen molar-refractivity contribution in [3.8, 4) is 0 Å². The Morgan fingerprint density at radius 3 is 2.22 bits per heavy atom. The Labute approximate surface area is 228 Å². The molecule has 0 aliphatic rings. The molecule has 36 heavy (non-hydrogen) atoms. The highest BCUT2D eigenvalue weighted by Crippen LogP contribution is 2.25. The maximum atomic E-state index is 13.7. The smallest absolute Gasteiger partial charge is 0.243 e. The summed E-state index contributed by atoms with van der Waals surface area (Å²) in [5, 5.41) is 3.96. The van der Waals surface area contributed by atoms with Crippen LogP contribution in [0.1, 0.15) is 37.8 Å². The average molecular weight is 544 g/mol. The lowest BCUT2D eigenvalue weighted by Gasteiger charge is -2.32. The number of nitrogens with one attached hydrogen (secondary N) is 1. The van der Waals surface area contributed by atoms with E-state index in [1.54, 1.807) is 28.8 Å². The van der Waals surface area contributed by atoms with Gasteiger partial charge in [0.15, 0.2) is 0 Å². The van der Waals surface area contributed by atoms with Crippen LogP contribution < -0.4 is 5.32 Å². The Balaban J connectivity index is 1.88. The molecule has 2 amide bonds. The van der Waals surface area contributed by atoms with E-state index in [9.17, 15) is 9.59 Å². The van der Waals surface area contributed by atoms with Crippen molar-refractivity contribution >= 4 is 46.8 Å². The maximum Gasteiger partial charge on any atom is 0.243 e. The van der Waals surface area contributed by atoms with E-state index in [4.69, 9.17) is 23.2 Å². The third kappa shape index (κ3) is 8.58. The summed E-state index contributed by atoms with van der Waals surface area (Å²) in [4.78, 5) is 30.0. The van der Waals surface area contributed by atoms with Crippen LogP contribution in [0.3, 0.4) is 0 Å². The monoisotopic (exact) mass is 542 g/mol. The van der Waals surface area contributed by atoms with E-state index < -0.39 is 6.04 Å². The second kappa shape index (κ2) is 14.3. The summed E-state index contributed by atoms with van der Waals surface area (Å²) in [5.41, 5.74) is 1.82. The standard InChI is InChI=1S/C29H32Cl2N2O2S/c1-3-21(2)32-29(35)27(19-22-10-6-4-7-11-22)33(20-23-14-15-25(30)26(31)18-23)28(34)16-17-36-24-12-8-5-9-13-24/h4-15,18,21,27H,3,16-17,19-20H2,1-2H3,(H,32,35)/t21-,27-/m1/s1. The van der Waals surface area contributed by atoms with Crippen molar-refractivity contribution in [2.45, 2.75) is 56.6 Å². The lowest BCUT2D eigenvalue weighted by molar-refractivity contribution is -0.141. The molecule has 0 aliphatic carbocycles. The topological polar surface area (TPSA) is 49.4 Å². The number of rotatable bonds is 12. The molecular weight excluding hydrogens is 511 g/mol. The van der Waals surface area contributed by atoms with E-state index in [0.29, 0.717) is 28.6 Å². The zero-order valence-corrected chi connectivity index (χ0v) is 23.0. The van der Waals surface area contributed by atoms with Gasteiger partial charge in [-0.1, -0.05) is 84.7 Å². The van der Waals surface area contributed by atoms with Crippen LogP contribution in [0.5, 0.6) is 0 Å². The third-order valence-corrected chi connectivity index (χ3v) is 7.69. The number of nitrogens with zero attached hydrogens (tertiary/aromatic N) is 1. The van der Waals surface area contributed by atoms with Gasteiger partial charge in [0.25, 0.3) is 0 Å². The summed E-state index contributed by atoms with van der Waals surface area (Å²) in [5.74, 6) is 0.383. The summed E-state index contributed by atoms with van der Waals surface area (Å²) in [6.07, 6.45) is 1.53. The molecule has 0 spiro atoms. The summed E-state index contributed by atoms with van der Waals surface area (Å²) in [6.45, 7) is 4.26. The second-order valence-electron chi connectivity index (χ2n) is 8.71. The van der Waals surface area contributed by atoms with Crippen molar-refractivity contribution in [1.82, 2.24) is 10.2 Å². The quantitative estimate of drug-likeness (QED) is 0.250. The summed E-state index contributed by atoms with van der Waals surface area (Å²) >= 11 is 14.0. The van der Waals surface area contributed by atoms with Crippen molar-refractivity contribution in [2.75, 3.05) is 5.75 Å². The molecule has 0 aromatic heterocycles. The first-order chi connectivity index (χ1) is 17.4. The zero-order valence-electron chi connectivity index (χ0n) is 20.6. The predicted octanol–water partition coefficient (Wildman–Crippen LogP) is 7.03. The van der Waals surface area contributed by atoms with Crippen LogP contribution in [0.15, 0.2) is 83.8 Å². The van der Waals surface area contributed by atoms with Gasteiger partial charge in [-0.2, -0.15) is 0 Å². The van der Waals surface area contributed by atoms with E-state index >= 15 is 0 Å². The van der Waals surface area contributed by atoms with Crippen LogP contribution in [0.2, 0.25) is 10.0 Å². The van der Waals surface area contributed by atoms with Crippen LogP contribution in [0.4, 0.5) is 0 Å². The van der Waals surface area contributed by atoms with Crippen molar-refractivity contribution in [2.24, 2.45) is 0 Å². The van der Waals surface area contributed by atoms with Gasteiger partial charge in [0.05, 0.1) is 10.0 Å². The number of thioether (sulfide) groups is 1. The number of hydrogen-bond donors (Lipinski definition) is 1. The molecule has 3 aromatic carbocycles. The van der Waals surface area contributed by atoms with Crippen LogP contribution in [0, 0.1) is 0 Å². The Hall–Kier alpha value is -2.47. The number of benzene rings is 3. The summed E-state index contributed by atoms with van der Waals surface area (Å²) in [6, 6.07) is 24.5. The van der Waals surface area contributed by atoms with Gasteiger partial charge in [0.2, 0.25) is 11.8 Å². The molecule has 4 nitrogen and oxygen atoms in total. The van der Waals surface area contributed by atoms with Gasteiger partial charge in [0.1, 0.15) is 6.04 Å². The van der Waals surface area contributed by atoms with E-state index in [2.05, 4.69) is 5.32 Å². The molecule has 0 aliphatic heterocycles. The fraction of sp³-hybridized carbons (Fsp3) is 0.310. The summed E-state index contributed by atoms with van der Waals surface area (Å²) < 4.78 is 0. The molecule has 0 unspecified atom stereocenters. The number of hydrogen-bond acceptors (Lipinski definition) is 3. The van der Waals surface area contributed by atoms with Gasteiger partial charge in [-0.25, -0.2) is 0 Å². The zero-order chi connectivity index (χ0) is 25.9. The Morgan fingerprint density at radius 2 is 1.58 bits per heavy atom. The van der Waals surface area contributed by atoms with Crippen molar-refractivity contribution in [3.05, 3.63) is 100 Å². The highest BCUT2D eigenvalue weighted by molar-refractivity contribution is 7.99. The first-order valence-corrected chi connectivity index (χ1v) is 13.9. The molecule has 0 saturated carbocycles. The van der Waals surface area contributed by atoms with E-state index in [1.165, 1.54) is 0 Å². The van der Waals surface area contributed by atoms with Gasteiger partial charge in [-0.05, 0) is 48.7 Å². The maximum absolute atomic E-state index is 13.7. The highest BCUT2D eigenvalue weighted by Gasteiger charge is 2.30. The normalized spacial score (nSPS) is 12.6. The van der Waals surface area contributed by atoms with Crippen molar-refractivity contribution in [1.29, 1.82) is 0 Å². The van der Waals surface area contributed by atoms with Gasteiger partial charge < -0.3 is 10.2 Å². The molecule has 190 valence electrons. The van der Waals surface area contributed by atoms with Crippen LogP contribution in [0.25, 0.3) is 0 Å². The predicted molar refractivity (Wildman–Crippen MR) is 151 cm³/mol. The molecule has 3 rings (SSSR count). The van der Waals surface area contributed by atoms with Gasteiger partial charge >= 0.3 is 0 Å². The molecule has 3 aromatic rings. The number of carbonyl (C=O) groups is 2. The van der Waals surface area contributed by atoms with Gasteiger partial charge in [-0.15, -0.1) is 11.8 Å². The lowest BCUT2D eigenvalue weighted by atomic mass is 10.0. The molecule has 0 bridgehead atoms. The molecule has 0 fully saturated rings. The molecule has 0 radical (unpaired) electrons. The molecule has 1 N–H and O–H groups in total. The minimum atomic E-state index is -0.662. The Morgan fingerprint density at radius 1 is 0.917 bits per heavy atom. The Bertz CT molecular complexity index is 1130. The number of halogens is 2.